The number of nitrogens with one attached hydrogen (secondary N) is 2. The van der Waals surface area contributed by atoms with Crippen LogP contribution in [-0.2, 0) is 19.6 Å². The Kier molecular flexibility index (Phi) is 9.61. The lowest BCUT2D eigenvalue weighted by Gasteiger charge is -2.23. The maximum absolute atomic E-state index is 13.4. The first-order valence-corrected chi connectivity index (χ1v) is 15.5. The van der Waals surface area contributed by atoms with Crippen molar-refractivity contribution < 1.29 is 32.3 Å². The number of thiophene rings is 1. The van der Waals surface area contributed by atoms with Crippen LogP contribution in [0.15, 0.2) is 47.6 Å². The molecule has 1 fully saturated rings. The Morgan fingerprint density at radius 1 is 1.15 bits per heavy atom. The molecule has 2 N–H and O–H groups in total. The quantitative estimate of drug-likeness (QED) is 0.361. The first-order valence-electron chi connectivity index (χ1n) is 13.2. The third-order valence-electron chi connectivity index (χ3n) is 6.75. The van der Waals surface area contributed by atoms with E-state index in [0.717, 1.165) is 14.4 Å². The number of carbonyl (C=O) groups excluding carboxylic acids is 3. The number of ether oxygens (including phenoxy) is 2. The van der Waals surface area contributed by atoms with Crippen LogP contribution in [0.25, 0.3) is 10.1 Å². The zero-order chi connectivity index (χ0) is 29.7. The first-order chi connectivity index (χ1) is 19.5. The van der Waals surface area contributed by atoms with Gasteiger partial charge in [-0.15, -0.1) is 11.3 Å². The highest BCUT2D eigenvalue weighted by Gasteiger charge is 2.35. The second-order valence-corrected chi connectivity index (χ2v) is 13.2. The molecule has 0 aliphatic carbocycles. The van der Waals surface area contributed by atoms with Crippen molar-refractivity contribution in [3.63, 3.8) is 0 Å². The summed E-state index contributed by atoms with van der Waals surface area (Å²) in [6.07, 6.45) is 2.39. The highest BCUT2D eigenvalue weighted by atomic mass is 32.2. The van der Waals surface area contributed by atoms with Gasteiger partial charge in [-0.25, -0.2) is 13.4 Å². The molecule has 0 spiro atoms. The highest BCUT2D eigenvalue weighted by molar-refractivity contribution is 7.89. The van der Waals surface area contributed by atoms with Crippen LogP contribution in [0, 0.1) is 5.92 Å². The van der Waals surface area contributed by atoms with Crippen molar-refractivity contribution in [2.75, 3.05) is 27.3 Å². The predicted octanol–water partition coefficient (Wildman–Crippen LogP) is 3.00. The Morgan fingerprint density at radius 2 is 1.88 bits per heavy atom. The molecule has 0 saturated carbocycles. The fourth-order valence-corrected chi connectivity index (χ4v) is 7.02. The summed E-state index contributed by atoms with van der Waals surface area (Å²) in [6.45, 7) is 3.62. The Balaban J connectivity index is 1.46. The first kappa shape index (κ1) is 30.4. The van der Waals surface area contributed by atoms with Crippen LogP contribution in [0.2, 0.25) is 0 Å². The van der Waals surface area contributed by atoms with Crippen LogP contribution < -0.4 is 20.1 Å². The summed E-state index contributed by atoms with van der Waals surface area (Å²) in [7, 11) is -0.878. The Hall–Kier alpha value is -3.55. The summed E-state index contributed by atoms with van der Waals surface area (Å²) in [5.41, 5.74) is 0. The third kappa shape index (κ3) is 7.03. The Bertz CT molecular complexity index is 1480. The van der Waals surface area contributed by atoms with E-state index in [0.29, 0.717) is 29.2 Å². The SMILES string of the molecule is COc1cc2cc(C(=O)N[C@H](CC(C)C)C(=O)N[C@H]3CCCN(S(=O)(=O)c4ccccn4)CC3=O)sc2cc1OC. The molecule has 2 aromatic heterocycles. The van der Waals surface area contributed by atoms with Gasteiger partial charge in [0.1, 0.15) is 6.04 Å². The molecule has 1 aliphatic rings. The standard InChI is InChI=1S/C28H34N4O7S2/c1-17(2)12-20(31-28(35)25-14-18-13-22(38-3)23(39-4)15-24(18)40-25)27(34)30-19-8-7-11-32(16-21(19)33)41(36,37)26-9-5-6-10-29-26/h5-6,9-10,13-15,17,19-20H,7-8,11-12,16H2,1-4H3,(H,30,34)(H,31,35)/t19-,20+/m0/s1. The average molecular weight is 603 g/mol. The van der Waals surface area contributed by atoms with Crippen molar-refractivity contribution >= 4 is 49.0 Å². The van der Waals surface area contributed by atoms with E-state index in [1.807, 2.05) is 13.8 Å². The van der Waals surface area contributed by atoms with Gasteiger partial charge in [0.25, 0.3) is 15.9 Å². The molecule has 4 rings (SSSR count). The largest absolute Gasteiger partial charge is 0.493 e. The highest BCUT2D eigenvalue weighted by Crippen LogP contribution is 2.36. The number of carbonyl (C=O) groups is 3. The van der Waals surface area contributed by atoms with Crippen molar-refractivity contribution in [1.82, 2.24) is 19.9 Å². The molecule has 1 aromatic carbocycles. The molecule has 13 heteroatoms. The van der Waals surface area contributed by atoms with Crippen molar-refractivity contribution in [3.8, 4) is 11.5 Å². The summed E-state index contributed by atoms with van der Waals surface area (Å²) in [6, 6.07) is 8.11. The predicted molar refractivity (Wildman–Crippen MR) is 155 cm³/mol. The van der Waals surface area contributed by atoms with E-state index < -0.39 is 39.7 Å². The summed E-state index contributed by atoms with van der Waals surface area (Å²) >= 11 is 1.27. The van der Waals surface area contributed by atoms with Crippen molar-refractivity contribution in [2.45, 2.75) is 50.2 Å². The zero-order valence-electron chi connectivity index (χ0n) is 23.4. The second-order valence-electron chi connectivity index (χ2n) is 10.2. The summed E-state index contributed by atoms with van der Waals surface area (Å²) in [5, 5.41) is 6.27. The lowest BCUT2D eigenvalue weighted by molar-refractivity contribution is -0.129. The minimum Gasteiger partial charge on any atom is -0.493 e. The van der Waals surface area contributed by atoms with Crippen LogP contribution in [0.3, 0.4) is 0 Å². The molecule has 2 amide bonds. The van der Waals surface area contributed by atoms with E-state index in [1.54, 1.807) is 30.3 Å². The number of Topliss-reactive ketones (excluding diaryl/α,β-unsaturated/α-hetero) is 1. The maximum Gasteiger partial charge on any atom is 0.262 e. The van der Waals surface area contributed by atoms with E-state index >= 15 is 0 Å². The molecule has 3 heterocycles. The molecule has 0 bridgehead atoms. The van der Waals surface area contributed by atoms with E-state index in [9.17, 15) is 22.8 Å². The average Bonchev–Trinajstić information content (AvgIpc) is 3.28. The molecule has 0 radical (unpaired) electrons. The van der Waals surface area contributed by atoms with Crippen molar-refractivity contribution in [1.29, 1.82) is 0 Å². The van der Waals surface area contributed by atoms with Gasteiger partial charge in [-0.1, -0.05) is 19.9 Å². The van der Waals surface area contributed by atoms with E-state index in [1.165, 1.54) is 37.8 Å². The van der Waals surface area contributed by atoms with Gasteiger partial charge in [0.2, 0.25) is 5.91 Å². The topological polar surface area (TPSA) is 144 Å². The number of hydrogen-bond donors (Lipinski definition) is 2. The number of fused-ring (bicyclic) bond motifs is 1. The normalized spacial score (nSPS) is 17.2. The number of methoxy groups -OCH3 is 2. The smallest absolute Gasteiger partial charge is 0.262 e. The van der Waals surface area contributed by atoms with E-state index in [-0.39, 0.29) is 30.5 Å². The number of hydrogen-bond acceptors (Lipinski definition) is 9. The molecule has 0 unspecified atom stereocenters. The third-order valence-corrected chi connectivity index (χ3v) is 9.61. The maximum atomic E-state index is 13.4. The Labute approximate surface area is 243 Å². The van der Waals surface area contributed by atoms with Crippen LogP contribution in [0.1, 0.15) is 42.8 Å². The van der Waals surface area contributed by atoms with Crippen LogP contribution in [0.4, 0.5) is 0 Å². The number of rotatable bonds is 10. The lowest BCUT2D eigenvalue weighted by Crippen LogP contribution is -2.52. The number of sulfonamides is 1. The minimum absolute atomic E-state index is 0.0748. The molecule has 3 aromatic rings. The molecule has 41 heavy (non-hydrogen) atoms. The van der Waals surface area contributed by atoms with Crippen LogP contribution >= 0.6 is 11.3 Å². The van der Waals surface area contributed by atoms with Gasteiger partial charge in [0.05, 0.1) is 31.7 Å². The van der Waals surface area contributed by atoms with Gasteiger partial charge in [0.15, 0.2) is 22.3 Å². The van der Waals surface area contributed by atoms with Gasteiger partial charge in [-0.3, -0.25) is 14.4 Å². The van der Waals surface area contributed by atoms with Gasteiger partial charge in [0, 0.05) is 23.5 Å². The second kappa shape index (κ2) is 13.0. The number of aromatic nitrogens is 1. The summed E-state index contributed by atoms with van der Waals surface area (Å²) in [5.74, 6) is -0.157. The van der Waals surface area contributed by atoms with E-state index in [4.69, 9.17) is 9.47 Å². The van der Waals surface area contributed by atoms with Crippen LogP contribution in [0.5, 0.6) is 11.5 Å². The molecule has 1 aliphatic heterocycles. The minimum atomic E-state index is -3.95. The van der Waals surface area contributed by atoms with Gasteiger partial charge in [-0.05, 0) is 54.8 Å². The summed E-state index contributed by atoms with van der Waals surface area (Å²) in [4.78, 5) is 44.0. The molecule has 1 saturated heterocycles. The van der Waals surface area contributed by atoms with E-state index in [2.05, 4.69) is 15.6 Å². The molecular weight excluding hydrogens is 568 g/mol. The molecule has 11 nitrogen and oxygen atoms in total. The molecular formula is C28H34N4O7S2. The number of amides is 2. The number of pyridine rings is 1. The number of benzene rings is 1. The van der Waals surface area contributed by atoms with Gasteiger partial charge >= 0.3 is 0 Å². The monoisotopic (exact) mass is 602 g/mol. The van der Waals surface area contributed by atoms with Gasteiger partial charge < -0.3 is 20.1 Å². The van der Waals surface area contributed by atoms with Gasteiger partial charge in [-0.2, -0.15) is 4.31 Å². The van der Waals surface area contributed by atoms with Crippen molar-refractivity contribution in [2.24, 2.45) is 5.92 Å². The summed E-state index contributed by atoms with van der Waals surface area (Å²) < 4.78 is 38.6. The van der Waals surface area contributed by atoms with Crippen molar-refractivity contribution in [3.05, 3.63) is 47.5 Å². The Morgan fingerprint density at radius 3 is 2.54 bits per heavy atom. The lowest BCUT2D eigenvalue weighted by atomic mass is 10.0. The molecule has 2 atom stereocenters. The number of nitrogens with zero attached hydrogens (tertiary/aromatic N) is 2. The zero-order valence-corrected chi connectivity index (χ0v) is 25.0. The fraction of sp³-hybridized carbons (Fsp3) is 0.429. The number of ketones is 1. The molecule has 220 valence electrons. The van der Waals surface area contributed by atoms with Crippen LogP contribution in [-0.4, -0.2) is 74.7 Å². The fourth-order valence-electron chi connectivity index (χ4n) is 4.67.